The van der Waals surface area contributed by atoms with Crippen molar-refractivity contribution in [3.63, 3.8) is 0 Å². The van der Waals surface area contributed by atoms with Crippen molar-refractivity contribution in [2.75, 3.05) is 0 Å². The first kappa shape index (κ1) is 13.5. The summed E-state index contributed by atoms with van der Waals surface area (Å²) in [6.07, 6.45) is 3.68. The average Bonchev–Trinajstić information content (AvgIpc) is 3.02. The second-order valence-corrected chi connectivity index (χ2v) is 5.41. The molecule has 0 atom stereocenters. The van der Waals surface area contributed by atoms with E-state index in [0.717, 1.165) is 21.9 Å². The first-order valence-corrected chi connectivity index (χ1v) is 7.50. The van der Waals surface area contributed by atoms with E-state index in [9.17, 15) is 4.79 Å². The van der Waals surface area contributed by atoms with Crippen LogP contribution in [0.25, 0.3) is 16.3 Å². The second kappa shape index (κ2) is 5.57. The van der Waals surface area contributed by atoms with Gasteiger partial charge in [-0.05, 0) is 29.0 Å². The molecule has 0 spiro atoms. The lowest BCUT2D eigenvalue weighted by Crippen LogP contribution is -2.22. The summed E-state index contributed by atoms with van der Waals surface area (Å²) in [5.41, 5.74) is 2.70. The fourth-order valence-electron chi connectivity index (χ4n) is 2.82. The second-order valence-electron chi connectivity index (χ2n) is 5.41. The van der Waals surface area contributed by atoms with Gasteiger partial charge in [0.25, 0.3) is 5.91 Å². The molecular formula is C19H15N3O. The Morgan fingerprint density at radius 2 is 1.83 bits per heavy atom. The van der Waals surface area contributed by atoms with Crippen molar-refractivity contribution < 1.29 is 4.79 Å². The Hall–Kier alpha value is -3.14. The molecule has 0 aliphatic heterocycles. The molecule has 4 rings (SSSR count). The van der Waals surface area contributed by atoms with Gasteiger partial charge in [0.05, 0.1) is 11.7 Å². The third-order valence-electron chi connectivity index (χ3n) is 3.98. The summed E-state index contributed by atoms with van der Waals surface area (Å²) >= 11 is 0. The highest BCUT2D eigenvalue weighted by Crippen LogP contribution is 2.18. The maximum Gasteiger partial charge on any atom is 0.252 e. The van der Waals surface area contributed by atoms with Gasteiger partial charge in [-0.15, -0.1) is 0 Å². The molecule has 4 nitrogen and oxygen atoms in total. The lowest BCUT2D eigenvalue weighted by atomic mass is 10.0. The first-order chi connectivity index (χ1) is 11.3. The molecule has 0 radical (unpaired) electrons. The molecule has 0 unspecified atom stereocenters. The first-order valence-electron chi connectivity index (χ1n) is 7.50. The van der Waals surface area contributed by atoms with Crippen molar-refractivity contribution >= 4 is 22.2 Å². The van der Waals surface area contributed by atoms with E-state index in [2.05, 4.69) is 10.4 Å². The number of rotatable bonds is 3. The molecule has 1 amide bonds. The van der Waals surface area contributed by atoms with Crippen LogP contribution in [0.1, 0.15) is 15.9 Å². The molecule has 23 heavy (non-hydrogen) atoms. The summed E-state index contributed by atoms with van der Waals surface area (Å²) in [6, 6.07) is 19.6. The van der Waals surface area contributed by atoms with Crippen LogP contribution < -0.4 is 5.32 Å². The molecule has 4 heteroatoms. The summed E-state index contributed by atoms with van der Waals surface area (Å²) in [5, 5.41) is 9.31. The fourth-order valence-corrected chi connectivity index (χ4v) is 2.82. The highest BCUT2D eigenvalue weighted by molar-refractivity contribution is 6.07. The van der Waals surface area contributed by atoms with E-state index < -0.39 is 0 Å². The van der Waals surface area contributed by atoms with E-state index in [1.165, 1.54) is 0 Å². The number of hydrogen-bond donors (Lipinski definition) is 1. The number of aromatic nitrogens is 2. The number of pyridine rings is 1. The van der Waals surface area contributed by atoms with Crippen LogP contribution in [0.3, 0.4) is 0 Å². The minimum atomic E-state index is -0.0721. The Morgan fingerprint density at radius 3 is 2.78 bits per heavy atom. The molecule has 0 bridgehead atoms. The molecule has 4 aromatic rings. The third-order valence-corrected chi connectivity index (χ3v) is 3.98. The van der Waals surface area contributed by atoms with Crippen LogP contribution in [-0.4, -0.2) is 15.5 Å². The SMILES string of the molecule is O=C(NCc1cnn2ccccc12)c1cccc2ccccc12. The molecule has 0 saturated heterocycles. The van der Waals surface area contributed by atoms with Crippen molar-refractivity contribution in [1.29, 1.82) is 0 Å². The summed E-state index contributed by atoms with van der Waals surface area (Å²) in [4.78, 5) is 12.6. The number of carbonyl (C=O) groups excluding carboxylic acids is 1. The minimum Gasteiger partial charge on any atom is -0.348 e. The van der Waals surface area contributed by atoms with E-state index in [1.807, 2.05) is 66.9 Å². The molecule has 0 aliphatic carbocycles. The number of fused-ring (bicyclic) bond motifs is 2. The summed E-state index contributed by atoms with van der Waals surface area (Å²) in [7, 11) is 0. The molecule has 0 fully saturated rings. The molecular weight excluding hydrogens is 286 g/mol. The van der Waals surface area contributed by atoms with Crippen LogP contribution in [0.4, 0.5) is 0 Å². The predicted molar refractivity (Wildman–Crippen MR) is 90.3 cm³/mol. The summed E-state index contributed by atoms with van der Waals surface area (Å²) in [6.45, 7) is 0.454. The number of hydrogen-bond acceptors (Lipinski definition) is 2. The molecule has 2 heterocycles. The van der Waals surface area contributed by atoms with E-state index in [1.54, 1.807) is 10.7 Å². The van der Waals surface area contributed by atoms with Crippen molar-refractivity contribution in [3.8, 4) is 0 Å². The van der Waals surface area contributed by atoms with Gasteiger partial charge in [0.15, 0.2) is 0 Å². The van der Waals surface area contributed by atoms with Crippen molar-refractivity contribution in [3.05, 3.63) is 84.2 Å². The van der Waals surface area contributed by atoms with Gasteiger partial charge >= 0.3 is 0 Å². The van der Waals surface area contributed by atoms with Crippen LogP contribution in [0, 0.1) is 0 Å². The summed E-state index contributed by atoms with van der Waals surface area (Å²) < 4.78 is 1.80. The van der Waals surface area contributed by atoms with Gasteiger partial charge in [-0.1, -0.05) is 42.5 Å². The third kappa shape index (κ3) is 2.44. The normalized spacial score (nSPS) is 11.0. The van der Waals surface area contributed by atoms with Gasteiger partial charge in [-0.25, -0.2) is 4.52 Å². The molecule has 2 aromatic heterocycles. The van der Waals surface area contributed by atoms with Crippen LogP contribution in [0.2, 0.25) is 0 Å². The Balaban J connectivity index is 1.60. The smallest absolute Gasteiger partial charge is 0.252 e. The van der Waals surface area contributed by atoms with Gasteiger partial charge in [0.2, 0.25) is 0 Å². The summed E-state index contributed by atoms with van der Waals surface area (Å²) in [5.74, 6) is -0.0721. The monoisotopic (exact) mass is 301 g/mol. The zero-order valence-corrected chi connectivity index (χ0v) is 12.4. The number of nitrogens with zero attached hydrogens (tertiary/aromatic N) is 2. The minimum absolute atomic E-state index is 0.0721. The van der Waals surface area contributed by atoms with E-state index in [4.69, 9.17) is 0 Å². The van der Waals surface area contributed by atoms with E-state index in [0.29, 0.717) is 12.1 Å². The van der Waals surface area contributed by atoms with Gasteiger partial charge in [0.1, 0.15) is 0 Å². The maximum atomic E-state index is 12.6. The standard InChI is InChI=1S/C19H15N3O/c23-19(17-9-5-7-14-6-1-2-8-16(14)17)20-12-15-13-21-22-11-4-3-10-18(15)22/h1-11,13H,12H2,(H,20,23). The number of benzene rings is 2. The van der Waals surface area contributed by atoms with Crippen LogP contribution in [0.5, 0.6) is 0 Å². The molecule has 0 saturated carbocycles. The lowest BCUT2D eigenvalue weighted by molar-refractivity contribution is 0.0953. The Bertz CT molecular complexity index is 998. The fraction of sp³-hybridized carbons (Fsp3) is 0.0526. The average molecular weight is 301 g/mol. The van der Waals surface area contributed by atoms with Crippen molar-refractivity contribution in [1.82, 2.24) is 14.9 Å². The molecule has 0 aliphatic rings. The predicted octanol–water partition coefficient (Wildman–Crippen LogP) is 3.42. The van der Waals surface area contributed by atoms with Gasteiger partial charge in [0, 0.05) is 23.9 Å². The number of amides is 1. The molecule has 2 aromatic carbocycles. The van der Waals surface area contributed by atoms with Gasteiger partial charge in [-0.2, -0.15) is 5.10 Å². The quantitative estimate of drug-likeness (QED) is 0.630. The van der Waals surface area contributed by atoms with Gasteiger partial charge in [-0.3, -0.25) is 4.79 Å². The number of nitrogens with one attached hydrogen (secondary N) is 1. The highest BCUT2D eigenvalue weighted by atomic mass is 16.1. The zero-order valence-electron chi connectivity index (χ0n) is 12.4. The largest absolute Gasteiger partial charge is 0.348 e. The van der Waals surface area contributed by atoms with Crippen LogP contribution in [-0.2, 0) is 6.54 Å². The van der Waals surface area contributed by atoms with E-state index in [-0.39, 0.29) is 5.91 Å². The Kier molecular flexibility index (Phi) is 3.27. The number of carbonyl (C=O) groups is 1. The highest BCUT2D eigenvalue weighted by Gasteiger charge is 2.10. The topological polar surface area (TPSA) is 46.4 Å². The molecule has 1 N–H and O–H groups in total. The zero-order chi connectivity index (χ0) is 15.6. The van der Waals surface area contributed by atoms with Gasteiger partial charge < -0.3 is 5.32 Å². The van der Waals surface area contributed by atoms with Crippen molar-refractivity contribution in [2.45, 2.75) is 6.54 Å². The lowest BCUT2D eigenvalue weighted by Gasteiger charge is -2.07. The van der Waals surface area contributed by atoms with Crippen LogP contribution in [0.15, 0.2) is 73.1 Å². The van der Waals surface area contributed by atoms with Crippen molar-refractivity contribution in [2.24, 2.45) is 0 Å². The van der Waals surface area contributed by atoms with E-state index >= 15 is 0 Å². The maximum absolute atomic E-state index is 12.6. The van der Waals surface area contributed by atoms with Crippen LogP contribution >= 0.6 is 0 Å². The Morgan fingerprint density at radius 1 is 1.00 bits per heavy atom. The Labute approximate surface area is 133 Å². The molecule has 112 valence electrons.